The zero-order chi connectivity index (χ0) is 13.8. The molecule has 2 aromatic carbocycles. The van der Waals surface area contributed by atoms with E-state index in [-0.39, 0.29) is 6.61 Å². The number of hydrogen-bond acceptors (Lipinski definition) is 2. The molecule has 0 bridgehead atoms. The lowest BCUT2D eigenvalue weighted by molar-refractivity contribution is 0.276. The van der Waals surface area contributed by atoms with Crippen molar-refractivity contribution in [2.75, 3.05) is 11.9 Å². The van der Waals surface area contributed by atoms with E-state index in [4.69, 9.17) is 0 Å². The van der Waals surface area contributed by atoms with E-state index < -0.39 is 17.7 Å². The van der Waals surface area contributed by atoms with Crippen LogP contribution in [0.5, 0.6) is 0 Å². The predicted molar refractivity (Wildman–Crippen MR) is 71.0 cm³/mol. The van der Waals surface area contributed by atoms with Gasteiger partial charge in [-0.2, -0.15) is 0 Å². The third kappa shape index (κ3) is 3.29. The Bertz CT molecular complexity index is 552. The second-order valence-electron chi connectivity index (χ2n) is 4.40. The maximum absolute atomic E-state index is 13.2. The Labute approximate surface area is 110 Å². The van der Waals surface area contributed by atoms with Gasteiger partial charge in [0.1, 0.15) is 11.6 Å². The predicted octanol–water partition coefficient (Wildman–Crippen LogP) is 3.42. The van der Waals surface area contributed by atoms with Crippen molar-refractivity contribution in [1.29, 1.82) is 0 Å². The maximum atomic E-state index is 13.2. The largest absolute Gasteiger partial charge is 0.394 e. The van der Waals surface area contributed by atoms with Gasteiger partial charge in [-0.15, -0.1) is 0 Å². The van der Waals surface area contributed by atoms with Crippen LogP contribution in [0.25, 0.3) is 0 Å². The number of halogens is 2. The van der Waals surface area contributed by atoms with Crippen molar-refractivity contribution in [2.24, 2.45) is 0 Å². The number of para-hydroxylation sites is 1. The van der Waals surface area contributed by atoms with Gasteiger partial charge in [-0.3, -0.25) is 0 Å². The minimum Gasteiger partial charge on any atom is -0.394 e. The molecule has 0 aliphatic rings. The minimum absolute atomic E-state index is 0.253. The summed E-state index contributed by atoms with van der Waals surface area (Å²) in [6.07, 6.45) is 0. The normalized spacial score (nSPS) is 12.2. The van der Waals surface area contributed by atoms with Crippen LogP contribution in [0.15, 0.2) is 42.5 Å². The fraction of sp³-hybridized carbons (Fsp3) is 0.200. The molecule has 0 radical (unpaired) electrons. The standard InChI is InChI=1S/C15H15F2NO/c1-10-4-2-3-5-14(10)18-15(9-19)11-6-12(16)8-13(17)7-11/h2-8,15,18-19H,9H2,1H3. The summed E-state index contributed by atoms with van der Waals surface area (Å²) in [4.78, 5) is 0. The number of nitrogens with one attached hydrogen (secondary N) is 1. The Balaban J connectivity index is 2.28. The fourth-order valence-corrected chi connectivity index (χ4v) is 1.93. The molecule has 2 nitrogen and oxygen atoms in total. The molecule has 2 aromatic rings. The van der Waals surface area contributed by atoms with Gasteiger partial charge < -0.3 is 10.4 Å². The van der Waals surface area contributed by atoms with Gasteiger partial charge >= 0.3 is 0 Å². The second-order valence-corrected chi connectivity index (χ2v) is 4.40. The number of anilines is 1. The van der Waals surface area contributed by atoms with Crippen molar-refractivity contribution in [1.82, 2.24) is 0 Å². The molecule has 2 rings (SSSR count). The third-order valence-corrected chi connectivity index (χ3v) is 2.94. The minimum atomic E-state index is -0.653. The van der Waals surface area contributed by atoms with Crippen LogP contribution in [0, 0.1) is 18.6 Å². The lowest BCUT2D eigenvalue weighted by Gasteiger charge is -2.19. The SMILES string of the molecule is Cc1ccccc1NC(CO)c1cc(F)cc(F)c1. The molecule has 1 unspecified atom stereocenters. The molecule has 1 atom stereocenters. The summed E-state index contributed by atoms with van der Waals surface area (Å²) in [5.74, 6) is -1.31. The molecule has 4 heteroatoms. The lowest BCUT2D eigenvalue weighted by Crippen LogP contribution is -2.16. The molecule has 0 aromatic heterocycles. The number of benzene rings is 2. The summed E-state index contributed by atoms with van der Waals surface area (Å²) < 4.78 is 26.4. The molecule has 0 spiro atoms. The molecule has 0 heterocycles. The third-order valence-electron chi connectivity index (χ3n) is 2.94. The number of aliphatic hydroxyl groups is 1. The van der Waals surface area contributed by atoms with E-state index in [0.29, 0.717) is 5.56 Å². The molecule has 19 heavy (non-hydrogen) atoms. The topological polar surface area (TPSA) is 32.3 Å². The van der Waals surface area contributed by atoms with E-state index in [1.165, 1.54) is 12.1 Å². The first-order valence-corrected chi connectivity index (χ1v) is 5.99. The van der Waals surface area contributed by atoms with Crippen molar-refractivity contribution in [3.05, 3.63) is 65.2 Å². The number of hydrogen-bond donors (Lipinski definition) is 2. The Kier molecular flexibility index (Phi) is 4.12. The summed E-state index contributed by atoms with van der Waals surface area (Å²) in [7, 11) is 0. The number of aryl methyl sites for hydroxylation is 1. The highest BCUT2D eigenvalue weighted by atomic mass is 19.1. The molecule has 100 valence electrons. The van der Waals surface area contributed by atoms with Gasteiger partial charge in [0.25, 0.3) is 0 Å². The van der Waals surface area contributed by atoms with Crippen LogP contribution >= 0.6 is 0 Å². The maximum Gasteiger partial charge on any atom is 0.126 e. The highest BCUT2D eigenvalue weighted by Crippen LogP contribution is 2.23. The zero-order valence-electron chi connectivity index (χ0n) is 10.5. The van der Waals surface area contributed by atoms with Crippen LogP contribution in [0.4, 0.5) is 14.5 Å². The quantitative estimate of drug-likeness (QED) is 0.886. The average Bonchev–Trinajstić information content (AvgIpc) is 2.36. The molecule has 0 saturated heterocycles. The summed E-state index contributed by atoms with van der Waals surface area (Å²) in [5, 5.41) is 12.5. The highest BCUT2D eigenvalue weighted by molar-refractivity contribution is 5.52. The van der Waals surface area contributed by atoms with Gasteiger partial charge in [0.2, 0.25) is 0 Å². The van der Waals surface area contributed by atoms with Crippen LogP contribution in [0.3, 0.4) is 0 Å². The van der Waals surface area contributed by atoms with Crippen molar-refractivity contribution in [2.45, 2.75) is 13.0 Å². The van der Waals surface area contributed by atoms with E-state index in [1.54, 1.807) is 0 Å². The van der Waals surface area contributed by atoms with Crippen LogP contribution in [0.1, 0.15) is 17.2 Å². The highest BCUT2D eigenvalue weighted by Gasteiger charge is 2.13. The Morgan fingerprint density at radius 1 is 1.11 bits per heavy atom. The fourth-order valence-electron chi connectivity index (χ4n) is 1.93. The summed E-state index contributed by atoms with van der Waals surface area (Å²) in [5.41, 5.74) is 2.20. The van der Waals surface area contributed by atoms with Crippen LogP contribution in [-0.2, 0) is 0 Å². The van der Waals surface area contributed by atoms with E-state index in [9.17, 15) is 13.9 Å². The first-order chi connectivity index (χ1) is 9.10. The first kappa shape index (κ1) is 13.5. The summed E-state index contributed by atoms with van der Waals surface area (Å²) in [6.45, 7) is 1.67. The molecule has 0 amide bonds. The van der Waals surface area contributed by atoms with Gasteiger partial charge in [-0.05, 0) is 36.2 Å². The van der Waals surface area contributed by atoms with Crippen LogP contribution < -0.4 is 5.32 Å². The first-order valence-electron chi connectivity index (χ1n) is 5.99. The monoisotopic (exact) mass is 263 g/mol. The van der Waals surface area contributed by atoms with E-state index in [2.05, 4.69) is 5.32 Å². The molecule has 0 aliphatic carbocycles. The number of aliphatic hydroxyl groups excluding tert-OH is 1. The Morgan fingerprint density at radius 2 is 1.74 bits per heavy atom. The number of rotatable bonds is 4. The van der Waals surface area contributed by atoms with Gasteiger partial charge in [0.05, 0.1) is 12.6 Å². The van der Waals surface area contributed by atoms with Crippen LogP contribution in [0.2, 0.25) is 0 Å². The molecular formula is C15H15F2NO. The summed E-state index contributed by atoms with van der Waals surface area (Å²) >= 11 is 0. The van der Waals surface area contributed by atoms with Gasteiger partial charge in [-0.1, -0.05) is 18.2 Å². The Morgan fingerprint density at radius 3 is 2.32 bits per heavy atom. The van der Waals surface area contributed by atoms with Gasteiger partial charge in [-0.25, -0.2) is 8.78 Å². The van der Waals surface area contributed by atoms with Crippen molar-refractivity contribution < 1.29 is 13.9 Å². The van der Waals surface area contributed by atoms with Gasteiger partial charge in [0, 0.05) is 11.8 Å². The average molecular weight is 263 g/mol. The second kappa shape index (κ2) is 5.80. The van der Waals surface area contributed by atoms with Gasteiger partial charge in [0.15, 0.2) is 0 Å². The summed E-state index contributed by atoms with van der Waals surface area (Å²) in [6, 6.07) is 10.2. The molecule has 0 aliphatic heterocycles. The van der Waals surface area contributed by atoms with Crippen molar-refractivity contribution in [3.8, 4) is 0 Å². The van der Waals surface area contributed by atoms with E-state index >= 15 is 0 Å². The lowest BCUT2D eigenvalue weighted by atomic mass is 10.1. The van der Waals surface area contributed by atoms with E-state index in [0.717, 1.165) is 17.3 Å². The Hall–Kier alpha value is -1.94. The van der Waals surface area contributed by atoms with Crippen LogP contribution in [-0.4, -0.2) is 11.7 Å². The van der Waals surface area contributed by atoms with Crippen molar-refractivity contribution in [3.63, 3.8) is 0 Å². The molecule has 0 fully saturated rings. The van der Waals surface area contributed by atoms with Crippen molar-refractivity contribution >= 4 is 5.69 Å². The van der Waals surface area contributed by atoms with E-state index in [1.807, 2.05) is 31.2 Å². The molecular weight excluding hydrogens is 248 g/mol. The zero-order valence-corrected chi connectivity index (χ0v) is 10.5. The molecule has 0 saturated carbocycles. The molecule has 2 N–H and O–H groups in total. The smallest absolute Gasteiger partial charge is 0.126 e.